The number of quaternary nitrogens is 1. The summed E-state index contributed by atoms with van der Waals surface area (Å²) in [4.78, 5) is 1.47. The Morgan fingerprint density at radius 2 is 1.67 bits per heavy atom. The van der Waals surface area contributed by atoms with Crippen LogP contribution in [0.5, 0.6) is 0 Å². The maximum atomic E-state index is 2.66. The predicted molar refractivity (Wildman–Crippen MR) is 27.4 cm³/mol. The van der Waals surface area contributed by atoms with Gasteiger partial charge < -0.3 is 4.90 Å². The van der Waals surface area contributed by atoms with Crippen molar-refractivity contribution in [2.45, 2.75) is 0 Å². The molecular weight excluding hydrogens is 120 g/mol. The van der Waals surface area contributed by atoms with Crippen LogP contribution in [-0.2, 0) is 0 Å². The van der Waals surface area contributed by atoms with Crippen LogP contribution in [-0.4, -0.2) is 20.4 Å². The average molecular weight is 131 g/mol. The van der Waals surface area contributed by atoms with Crippen LogP contribution < -0.4 is 56.3 Å². The molecule has 0 aromatic heterocycles. The predicted octanol–water partition coefficient (Wildman–Crippen LogP) is -4.03. The molecule has 0 aliphatic heterocycles. The Bertz CT molecular complexity index is 24.8. The van der Waals surface area contributed by atoms with Gasteiger partial charge in [-0.1, -0.05) is 9.24 Å². The third kappa shape index (κ3) is 9.39. The summed E-state index contributed by atoms with van der Waals surface area (Å²) >= 11 is 0. The molecular formula is C3H11KNP+2. The first-order chi connectivity index (χ1) is 2.27. The fourth-order valence-corrected chi connectivity index (χ4v) is 0. The van der Waals surface area contributed by atoms with Crippen LogP contribution in [0, 0.1) is 0 Å². The van der Waals surface area contributed by atoms with Crippen LogP contribution in [0.1, 0.15) is 0 Å². The van der Waals surface area contributed by atoms with E-state index in [2.05, 4.69) is 23.3 Å². The molecule has 0 radical (unpaired) electrons. The molecule has 0 saturated carbocycles. The van der Waals surface area contributed by atoms with Gasteiger partial charge in [-0.15, -0.1) is 0 Å². The molecule has 1 N–H and O–H groups in total. The third-order valence-corrected chi connectivity index (χ3v) is 1.22. The van der Waals surface area contributed by atoms with Crippen molar-refractivity contribution in [2.24, 2.45) is 0 Å². The number of rotatable bonds is 1. The molecule has 0 saturated heterocycles. The molecule has 0 rings (SSSR count). The van der Waals surface area contributed by atoms with Crippen molar-refractivity contribution in [2.75, 3.05) is 20.4 Å². The minimum absolute atomic E-state index is 0. The molecule has 1 atom stereocenters. The van der Waals surface area contributed by atoms with E-state index in [9.17, 15) is 0 Å². The van der Waals surface area contributed by atoms with Crippen molar-refractivity contribution in [1.29, 1.82) is 0 Å². The summed E-state index contributed by atoms with van der Waals surface area (Å²) in [6.45, 7) is 0. The van der Waals surface area contributed by atoms with Gasteiger partial charge in [0, 0.05) is 0 Å². The molecule has 0 aromatic rings. The van der Waals surface area contributed by atoms with Crippen molar-refractivity contribution in [3.63, 3.8) is 0 Å². The van der Waals surface area contributed by atoms with Gasteiger partial charge >= 0.3 is 51.4 Å². The smallest absolute Gasteiger partial charge is 0.337 e. The fraction of sp³-hybridized carbons (Fsp3) is 1.00. The van der Waals surface area contributed by atoms with Gasteiger partial charge in [0.2, 0.25) is 0 Å². The molecule has 0 aromatic carbocycles. The standard InChI is InChI=1S/C3H10NP.K/c1-4(2)3-5;/h3,5H2,1-2H3;/q;+1/p+1. The van der Waals surface area contributed by atoms with Crippen LogP contribution in [0.25, 0.3) is 0 Å². The second-order valence-electron chi connectivity index (χ2n) is 1.41. The van der Waals surface area contributed by atoms with E-state index in [-0.39, 0.29) is 51.4 Å². The van der Waals surface area contributed by atoms with E-state index >= 15 is 0 Å². The zero-order valence-corrected chi connectivity index (χ0v) is 9.06. The zero-order valence-electron chi connectivity index (χ0n) is 4.78. The molecule has 3 heteroatoms. The van der Waals surface area contributed by atoms with Crippen molar-refractivity contribution in [1.82, 2.24) is 0 Å². The normalized spacial score (nSPS) is 8.00. The van der Waals surface area contributed by atoms with Crippen LogP contribution in [0.2, 0.25) is 0 Å². The van der Waals surface area contributed by atoms with Gasteiger partial charge in [-0.05, 0) is 0 Å². The van der Waals surface area contributed by atoms with Gasteiger partial charge in [-0.3, -0.25) is 0 Å². The molecule has 32 valence electrons. The second kappa shape index (κ2) is 7.03. The van der Waals surface area contributed by atoms with Gasteiger partial charge in [0.25, 0.3) is 0 Å². The fourth-order valence-electron chi connectivity index (χ4n) is 0. The monoisotopic (exact) mass is 131 g/mol. The van der Waals surface area contributed by atoms with Crippen molar-refractivity contribution in [3.8, 4) is 0 Å². The van der Waals surface area contributed by atoms with E-state index in [0.717, 1.165) is 6.29 Å². The van der Waals surface area contributed by atoms with E-state index in [4.69, 9.17) is 0 Å². The van der Waals surface area contributed by atoms with Crippen molar-refractivity contribution >= 4 is 9.24 Å². The summed E-state index contributed by atoms with van der Waals surface area (Å²) < 4.78 is 0. The van der Waals surface area contributed by atoms with Gasteiger partial charge in [0.05, 0.1) is 20.4 Å². The minimum atomic E-state index is 0. The van der Waals surface area contributed by atoms with E-state index in [1.807, 2.05) is 0 Å². The van der Waals surface area contributed by atoms with E-state index in [0.29, 0.717) is 0 Å². The first kappa shape index (κ1) is 10.9. The maximum Gasteiger partial charge on any atom is 1.00 e. The topological polar surface area (TPSA) is 4.44 Å². The first-order valence-electron chi connectivity index (χ1n) is 1.76. The molecule has 0 aliphatic carbocycles. The summed E-state index contributed by atoms with van der Waals surface area (Å²) in [6, 6.07) is 0. The Balaban J connectivity index is 0. The Morgan fingerprint density at radius 3 is 1.67 bits per heavy atom. The van der Waals surface area contributed by atoms with Gasteiger partial charge in [0.15, 0.2) is 0 Å². The maximum absolute atomic E-state index is 2.66. The Morgan fingerprint density at radius 1 is 1.50 bits per heavy atom. The molecule has 0 aliphatic rings. The van der Waals surface area contributed by atoms with Crippen LogP contribution in [0.4, 0.5) is 0 Å². The van der Waals surface area contributed by atoms with E-state index in [1.165, 1.54) is 4.90 Å². The quantitative estimate of drug-likeness (QED) is 0.273. The molecule has 6 heavy (non-hydrogen) atoms. The summed E-state index contributed by atoms with van der Waals surface area (Å²) in [5.74, 6) is 0. The van der Waals surface area contributed by atoms with Gasteiger partial charge in [-0.2, -0.15) is 0 Å². The third-order valence-electron chi connectivity index (χ3n) is 0.408. The van der Waals surface area contributed by atoms with E-state index < -0.39 is 0 Å². The van der Waals surface area contributed by atoms with E-state index in [1.54, 1.807) is 0 Å². The van der Waals surface area contributed by atoms with Crippen LogP contribution in [0.15, 0.2) is 0 Å². The summed E-state index contributed by atoms with van der Waals surface area (Å²) in [5.41, 5.74) is 0. The molecule has 0 bridgehead atoms. The molecule has 1 unspecified atom stereocenters. The number of nitrogens with one attached hydrogen (secondary N) is 1. The Hall–Kier alpha value is 2.03. The summed E-state index contributed by atoms with van der Waals surface area (Å²) in [5, 5.41) is 0. The average Bonchev–Trinajstić information content (AvgIpc) is 1.38. The minimum Gasteiger partial charge on any atom is -0.337 e. The zero-order chi connectivity index (χ0) is 4.28. The SMILES string of the molecule is C[NH+](C)CP.[K+]. The van der Waals surface area contributed by atoms with Crippen LogP contribution in [0.3, 0.4) is 0 Å². The number of hydrogen-bond acceptors (Lipinski definition) is 0. The van der Waals surface area contributed by atoms with Gasteiger partial charge in [0.1, 0.15) is 0 Å². The van der Waals surface area contributed by atoms with Crippen molar-refractivity contribution in [3.05, 3.63) is 0 Å². The molecule has 1 nitrogen and oxygen atoms in total. The molecule has 0 spiro atoms. The Labute approximate surface area is 84.5 Å². The summed E-state index contributed by atoms with van der Waals surface area (Å²) in [6.07, 6.45) is 1.14. The second-order valence-corrected chi connectivity index (χ2v) is 1.82. The number of hydrogen-bond donors (Lipinski definition) is 1. The molecule has 0 amide bonds. The first-order valence-corrected chi connectivity index (χ1v) is 2.58. The van der Waals surface area contributed by atoms with Crippen LogP contribution >= 0.6 is 9.24 Å². The molecule has 0 fully saturated rings. The largest absolute Gasteiger partial charge is 1.00 e. The summed E-state index contributed by atoms with van der Waals surface area (Å²) in [7, 11) is 6.89. The van der Waals surface area contributed by atoms with Crippen molar-refractivity contribution < 1.29 is 56.3 Å². The molecule has 0 heterocycles. The van der Waals surface area contributed by atoms with Gasteiger partial charge in [-0.25, -0.2) is 0 Å². The Kier molecular flexibility index (Phi) is 12.8.